The summed E-state index contributed by atoms with van der Waals surface area (Å²) in [5.41, 5.74) is -2.90. The van der Waals surface area contributed by atoms with Gasteiger partial charge in [-0.1, -0.05) is 30.3 Å². The Labute approximate surface area is 107 Å². The monoisotopic (exact) mass is 268 g/mol. The van der Waals surface area contributed by atoms with Crippen molar-refractivity contribution < 1.29 is 34.8 Å². The molecule has 0 aliphatic heterocycles. The van der Waals surface area contributed by atoms with Gasteiger partial charge in [-0.15, -0.1) is 0 Å². The first-order valence-electron chi connectivity index (χ1n) is 5.24. The molecule has 0 aliphatic carbocycles. The second-order valence-electron chi connectivity index (χ2n) is 3.98. The summed E-state index contributed by atoms with van der Waals surface area (Å²) in [6.07, 6.45) is -1.21. The van der Waals surface area contributed by atoms with Crippen LogP contribution in [0, 0.1) is 0 Å². The minimum atomic E-state index is -2.92. The molecule has 0 amide bonds. The van der Waals surface area contributed by atoms with E-state index in [9.17, 15) is 19.5 Å². The van der Waals surface area contributed by atoms with Gasteiger partial charge in [0.15, 0.2) is 5.60 Å². The number of carboxylic acid groups (broad SMARTS) is 3. The topological polar surface area (TPSA) is 132 Å². The van der Waals surface area contributed by atoms with Gasteiger partial charge in [-0.25, -0.2) is 4.79 Å². The van der Waals surface area contributed by atoms with E-state index in [0.717, 1.165) is 0 Å². The molecule has 0 heterocycles. The van der Waals surface area contributed by atoms with Crippen molar-refractivity contribution in [1.29, 1.82) is 0 Å². The predicted octanol–water partition coefficient (Wildman–Crippen LogP) is 0.145. The lowest BCUT2D eigenvalue weighted by Crippen LogP contribution is -2.49. The lowest BCUT2D eigenvalue weighted by atomic mass is 9.79. The molecule has 1 aromatic carbocycles. The zero-order valence-corrected chi connectivity index (χ0v) is 9.68. The van der Waals surface area contributed by atoms with Crippen LogP contribution in [0.4, 0.5) is 0 Å². The molecule has 0 aromatic heterocycles. The minimum absolute atomic E-state index is 0.0150. The maximum Gasteiger partial charge on any atom is 0.337 e. The maximum absolute atomic E-state index is 11.2. The fourth-order valence-electron chi connectivity index (χ4n) is 1.80. The van der Waals surface area contributed by atoms with Gasteiger partial charge in [0.05, 0.1) is 6.42 Å². The van der Waals surface area contributed by atoms with Crippen molar-refractivity contribution in [2.75, 3.05) is 0 Å². The van der Waals surface area contributed by atoms with Crippen molar-refractivity contribution >= 4 is 17.9 Å². The minimum Gasteiger partial charge on any atom is -0.481 e. The number of aliphatic carboxylic acids is 3. The Balaban J connectivity index is 3.33. The standard InChI is InChI=1S/C12H12O7/c13-8(14)6-12(19,11(17)18)9(10(15)16)7-4-2-1-3-5-7/h1-5,9,19H,6H2,(H,13,14)(H,15,16)(H,17,18). The lowest BCUT2D eigenvalue weighted by molar-refractivity contribution is -0.173. The summed E-state index contributed by atoms with van der Waals surface area (Å²) in [4.78, 5) is 33.0. The highest BCUT2D eigenvalue weighted by Crippen LogP contribution is 2.32. The summed E-state index contributed by atoms with van der Waals surface area (Å²) in [6.45, 7) is 0. The Bertz CT molecular complexity index is 496. The lowest BCUT2D eigenvalue weighted by Gasteiger charge is -2.28. The van der Waals surface area contributed by atoms with Crippen molar-refractivity contribution in [1.82, 2.24) is 0 Å². The van der Waals surface area contributed by atoms with E-state index < -0.39 is 35.8 Å². The summed E-state index contributed by atoms with van der Waals surface area (Å²) >= 11 is 0. The molecule has 102 valence electrons. The van der Waals surface area contributed by atoms with E-state index in [1.807, 2.05) is 0 Å². The number of hydrogen-bond donors (Lipinski definition) is 4. The van der Waals surface area contributed by atoms with Crippen LogP contribution in [-0.4, -0.2) is 43.9 Å². The average molecular weight is 268 g/mol. The summed E-state index contributed by atoms with van der Waals surface area (Å²) in [6, 6.07) is 7.14. The smallest absolute Gasteiger partial charge is 0.337 e. The van der Waals surface area contributed by atoms with Gasteiger partial charge in [-0.2, -0.15) is 0 Å². The largest absolute Gasteiger partial charge is 0.481 e. The molecule has 4 N–H and O–H groups in total. The predicted molar refractivity (Wildman–Crippen MR) is 61.7 cm³/mol. The van der Waals surface area contributed by atoms with Crippen molar-refractivity contribution in [3.63, 3.8) is 0 Å². The van der Waals surface area contributed by atoms with E-state index in [1.165, 1.54) is 24.3 Å². The first-order chi connectivity index (χ1) is 8.79. The molecule has 19 heavy (non-hydrogen) atoms. The molecule has 0 saturated heterocycles. The molecule has 0 saturated carbocycles. The molecule has 0 radical (unpaired) electrons. The molecular weight excluding hydrogens is 256 g/mol. The first kappa shape index (κ1) is 14.7. The van der Waals surface area contributed by atoms with Crippen molar-refractivity contribution in [2.24, 2.45) is 0 Å². The van der Waals surface area contributed by atoms with Gasteiger partial charge in [0, 0.05) is 0 Å². The van der Waals surface area contributed by atoms with Gasteiger partial charge in [-0.3, -0.25) is 9.59 Å². The third kappa shape index (κ3) is 3.08. The molecule has 7 nitrogen and oxygen atoms in total. The summed E-state index contributed by atoms with van der Waals surface area (Å²) < 4.78 is 0. The molecule has 1 aromatic rings. The van der Waals surface area contributed by atoms with Crippen LogP contribution in [0.2, 0.25) is 0 Å². The van der Waals surface area contributed by atoms with E-state index in [4.69, 9.17) is 15.3 Å². The van der Waals surface area contributed by atoms with Crippen LogP contribution >= 0.6 is 0 Å². The van der Waals surface area contributed by atoms with Gasteiger partial charge in [0.25, 0.3) is 0 Å². The molecule has 7 heteroatoms. The Hall–Kier alpha value is -2.41. The van der Waals surface area contributed by atoms with Gasteiger partial charge >= 0.3 is 17.9 Å². The first-order valence-corrected chi connectivity index (χ1v) is 5.24. The Morgan fingerprint density at radius 2 is 1.58 bits per heavy atom. The van der Waals surface area contributed by atoms with Crippen LogP contribution in [-0.2, 0) is 14.4 Å². The van der Waals surface area contributed by atoms with Crippen LogP contribution < -0.4 is 0 Å². The molecule has 0 fully saturated rings. The van der Waals surface area contributed by atoms with Crippen LogP contribution in [0.1, 0.15) is 17.9 Å². The zero-order valence-electron chi connectivity index (χ0n) is 9.68. The third-order valence-electron chi connectivity index (χ3n) is 2.65. The molecule has 0 bridgehead atoms. The van der Waals surface area contributed by atoms with Crippen LogP contribution in [0.3, 0.4) is 0 Å². The third-order valence-corrected chi connectivity index (χ3v) is 2.65. The Morgan fingerprint density at radius 3 is 1.95 bits per heavy atom. The summed E-state index contributed by atoms with van der Waals surface area (Å²) in [5, 5.41) is 36.7. The zero-order chi connectivity index (χ0) is 14.6. The number of carbonyl (C=O) groups is 3. The Morgan fingerprint density at radius 1 is 1.05 bits per heavy atom. The summed E-state index contributed by atoms with van der Waals surface area (Å²) in [5.74, 6) is -6.99. The Kier molecular flexibility index (Phi) is 4.23. The van der Waals surface area contributed by atoms with E-state index in [-0.39, 0.29) is 5.56 Å². The highest BCUT2D eigenvalue weighted by atomic mass is 16.4. The molecule has 2 atom stereocenters. The van der Waals surface area contributed by atoms with Gasteiger partial charge < -0.3 is 20.4 Å². The van der Waals surface area contributed by atoms with Crippen LogP contribution in [0.25, 0.3) is 0 Å². The molecular formula is C12H12O7. The number of hydrogen-bond acceptors (Lipinski definition) is 4. The van der Waals surface area contributed by atoms with E-state index in [2.05, 4.69) is 0 Å². The molecule has 1 rings (SSSR count). The number of benzene rings is 1. The van der Waals surface area contributed by atoms with Crippen LogP contribution in [0.5, 0.6) is 0 Å². The van der Waals surface area contributed by atoms with E-state index >= 15 is 0 Å². The highest BCUT2D eigenvalue weighted by molar-refractivity contribution is 5.92. The number of carboxylic acids is 3. The van der Waals surface area contributed by atoms with Gasteiger partial charge in [-0.05, 0) is 5.56 Å². The summed E-state index contributed by atoms with van der Waals surface area (Å²) in [7, 11) is 0. The number of rotatable bonds is 6. The van der Waals surface area contributed by atoms with E-state index in [1.54, 1.807) is 6.07 Å². The quantitative estimate of drug-likeness (QED) is 0.577. The molecule has 0 spiro atoms. The van der Waals surface area contributed by atoms with Crippen LogP contribution in [0.15, 0.2) is 30.3 Å². The molecule has 2 unspecified atom stereocenters. The fourth-order valence-corrected chi connectivity index (χ4v) is 1.80. The number of aliphatic hydroxyl groups is 1. The van der Waals surface area contributed by atoms with Gasteiger partial charge in [0.1, 0.15) is 5.92 Å². The fraction of sp³-hybridized carbons (Fsp3) is 0.250. The second kappa shape index (κ2) is 5.49. The SMILES string of the molecule is O=C(O)CC(O)(C(=O)O)C(C(=O)O)c1ccccc1. The average Bonchev–Trinajstić information content (AvgIpc) is 2.28. The normalized spacial score (nSPS) is 15.2. The molecule has 0 aliphatic rings. The maximum atomic E-state index is 11.2. The van der Waals surface area contributed by atoms with Crippen molar-refractivity contribution in [2.45, 2.75) is 17.9 Å². The highest BCUT2D eigenvalue weighted by Gasteiger charge is 2.50. The van der Waals surface area contributed by atoms with Crippen molar-refractivity contribution in [3.8, 4) is 0 Å². The van der Waals surface area contributed by atoms with E-state index in [0.29, 0.717) is 0 Å². The second-order valence-corrected chi connectivity index (χ2v) is 3.98. The van der Waals surface area contributed by atoms with Gasteiger partial charge in [0.2, 0.25) is 0 Å². The van der Waals surface area contributed by atoms with Crippen molar-refractivity contribution in [3.05, 3.63) is 35.9 Å².